The summed E-state index contributed by atoms with van der Waals surface area (Å²) < 4.78 is 0. The molecule has 0 aromatic carbocycles. The zero-order chi connectivity index (χ0) is 12.2. The van der Waals surface area contributed by atoms with Crippen LogP contribution in [0.1, 0.15) is 29.2 Å². The average Bonchev–Trinajstić information content (AvgIpc) is 2.80. The van der Waals surface area contributed by atoms with Gasteiger partial charge in [-0.15, -0.1) is 11.3 Å². The van der Waals surface area contributed by atoms with Crippen molar-refractivity contribution in [3.05, 3.63) is 16.8 Å². The van der Waals surface area contributed by atoms with Gasteiger partial charge >= 0.3 is 0 Å². The van der Waals surface area contributed by atoms with Crippen LogP contribution >= 0.6 is 11.3 Å². The number of thiazole rings is 1. The van der Waals surface area contributed by atoms with Crippen LogP contribution in [0.25, 0.3) is 11.3 Å². The minimum absolute atomic E-state index is 0.0776. The van der Waals surface area contributed by atoms with Gasteiger partial charge in [0.15, 0.2) is 10.9 Å². The Bertz CT molecular complexity index is 611. The maximum Gasteiger partial charge on any atom is 0.187 e. The first-order valence-electron chi connectivity index (χ1n) is 5.33. The van der Waals surface area contributed by atoms with Gasteiger partial charge in [0.2, 0.25) is 0 Å². The third-order valence-electron chi connectivity index (χ3n) is 3.05. The number of aromatic nitrogens is 3. The first-order valence-corrected chi connectivity index (χ1v) is 6.14. The van der Waals surface area contributed by atoms with Crippen LogP contribution < -0.4 is 5.73 Å². The molecule has 1 aliphatic rings. The lowest BCUT2D eigenvalue weighted by molar-refractivity contribution is 0.0836. The van der Waals surface area contributed by atoms with E-state index in [2.05, 4.69) is 15.2 Å². The summed E-state index contributed by atoms with van der Waals surface area (Å²) in [5.74, 6) is 0.0776. The van der Waals surface area contributed by atoms with Crippen molar-refractivity contribution >= 4 is 22.3 Å². The zero-order valence-corrected chi connectivity index (χ0v) is 10.4. The number of H-pyrrole nitrogens is 1. The Labute approximate surface area is 102 Å². The van der Waals surface area contributed by atoms with E-state index in [9.17, 15) is 4.79 Å². The minimum atomic E-state index is -0.453. The van der Waals surface area contributed by atoms with E-state index in [0.717, 1.165) is 16.1 Å². The van der Waals surface area contributed by atoms with Gasteiger partial charge in [0.1, 0.15) is 5.69 Å². The molecule has 3 N–H and O–H groups in total. The molecule has 2 heterocycles. The highest BCUT2D eigenvalue weighted by Crippen LogP contribution is 2.41. The third-order valence-corrected chi connectivity index (χ3v) is 3.94. The van der Waals surface area contributed by atoms with Gasteiger partial charge in [-0.05, 0) is 6.42 Å². The molecule has 0 radical (unpaired) electrons. The second kappa shape index (κ2) is 3.16. The molecule has 1 aliphatic carbocycles. The van der Waals surface area contributed by atoms with E-state index >= 15 is 0 Å². The minimum Gasteiger partial charge on any atom is -0.375 e. The van der Waals surface area contributed by atoms with Gasteiger partial charge in [0, 0.05) is 10.3 Å². The summed E-state index contributed by atoms with van der Waals surface area (Å²) >= 11 is 1.45. The van der Waals surface area contributed by atoms with E-state index in [4.69, 9.17) is 5.73 Å². The molecule has 0 spiro atoms. The Morgan fingerprint density at radius 3 is 3.06 bits per heavy atom. The van der Waals surface area contributed by atoms with Crippen molar-refractivity contribution in [3.8, 4) is 11.3 Å². The number of carbonyl (C=O) groups is 1. The number of carbonyl (C=O) groups excluding carboxylic acids is 1. The van der Waals surface area contributed by atoms with Gasteiger partial charge in [-0.25, -0.2) is 4.98 Å². The lowest BCUT2D eigenvalue weighted by atomic mass is 9.84. The second-order valence-electron chi connectivity index (χ2n) is 4.87. The van der Waals surface area contributed by atoms with E-state index in [1.54, 1.807) is 6.20 Å². The van der Waals surface area contributed by atoms with Crippen molar-refractivity contribution in [2.75, 3.05) is 5.73 Å². The quantitative estimate of drug-likeness (QED) is 0.745. The molecular formula is C11H12N4OS. The van der Waals surface area contributed by atoms with Crippen LogP contribution in [0.4, 0.5) is 5.13 Å². The SMILES string of the molecule is CC1(C)Cc2sc(N)nc2-c2cn[nH]c2C1=O. The van der Waals surface area contributed by atoms with E-state index < -0.39 is 5.41 Å². The first-order chi connectivity index (χ1) is 7.99. The molecular weight excluding hydrogens is 236 g/mol. The molecule has 3 rings (SSSR count). The highest BCUT2D eigenvalue weighted by atomic mass is 32.1. The molecule has 0 atom stereocenters. The fourth-order valence-corrected chi connectivity index (χ4v) is 3.23. The molecule has 88 valence electrons. The average molecular weight is 248 g/mol. The van der Waals surface area contributed by atoms with E-state index in [0.29, 0.717) is 17.2 Å². The summed E-state index contributed by atoms with van der Waals surface area (Å²) in [7, 11) is 0. The Balaban J connectivity index is 2.32. The highest BCUT2D eigenvalue weighted by Gasteiger charge is 2.37. The molecule has 2 aromatic rings. The molecule has 0 amide bonds. The van der Waals surface area contributed by atoms with Gasteiger partial charge in [0.25, 0.3) is 0 Å². The van der Waals surface area contributed by atoms with E-state index in [-0.39, 0.29) is 5.78 Å². The smallest absolute Gasteiger partial charge is 0.187 e. The summed E-state index contributed by atoms with van der Waals surface area (Å²) in [6.07, 6.45) is 2.31. The number of fused-ring (bicyclic) bond motifs is 3. The van der Waals surface area contributed by atoms with Gasteiger partial charge in [-0.3, -0.25) is 9.89 Å². The zero-order valence-electron chi connectivity index (χ0n) is 9.57. The molecule has 17 heavy (non-hydrogen) atoms. The molecule has 5 nitrogen and oxygen atoms in total. The van der Waals surface area contributed by atoms with Crippen LogP contribution in [-0.2, 0) is 6.42 Å². The number of nitrogens with two attached hydrogens (primary N) is 1. The fourth-order valence-electron chi connectivity index (χ4n) is 2.16. The van der Waals surface area contributed by atoms with Crippen molar-refractivity contribution < 1.29 is 4.79 Å². The molecule has 0 bridgehead atoms. The molecule has 0 saturated heterocycles. The van der Waals surface area contributed by atoms with Crippen LogP contribution in [0.2, 0.25) is 0 Å². The van der Waals surface area contributed by atoms with Gasteiger partial charge in [-0.1, -0.05) is 13.8 Å². The number of anilines is 1. The lowest BCUT2D eigenvalue weighted by Gasteiger charge is -2.19. The number of hydrogen-bond donors (Lipinski definition) is 2. The van der Waals surface area contributed by atoms with Gasteiger partial charge in [-0.2, -0.15) is 5.10 Å². The Kier molecular flexibility index (Phi) is 1.95. The third kappa shape index (κ3) is 1.40. The van der Waals surface area contributed by atoms with Crippen LogP contribution in [-0.4, -0.2) is 21.0 Å². The number of aromatic amines is 1. The van der Waals surface area contributed by atoms with Crippen molar-refractivity contribution in [2.24, 2.45) is 5.41 Å². The largest absolute Gasteiger partial charge is 0.375 e. The number of rotatable bonds is 0. The normalized spacial score (nSPS) is 17.4. The van der Waals surface area contributed by atoms with E-state index in [1.807, 2.05) is 13.8 Å². The monoisotopic (exact) mass is 248 g/mol. The lowest BCUT2D eigenvalue weighted by Crippen LogP contribution is -2.26. The predicted molar refractivity (Wildman–Crippen MR) is 65.9 cm³/mol. The second-order valence-corrected chi connectivity index (χ2v) is 5.99. The summed E-state index contributed by atoms with van der Waals surface area (Å²) in [6, 6.07) is 0. The molecule has 0 fully saturated rings. The summed E-state index contributed by atoms with van der Waals surface area (Å²) in [4.78, 5) is 17.7. The van der Waals surface area contributed by atoms with Crippen LogP contribution in [0.3, 0.4) is 0 Å². The van der Waals surface area contributed by atoms with Crippen molar-refractivity contribution in [1.29, 1.82) is 0 Å². The van der Waals surface area contributed by atoms with Crippen molar-refractivity contribution in [2.45, 2.75) is 20.3 Å². The highest BCUT2D eigenvalue weighted by molar-refractivity contribution is 7.15. The van der Waals surface area contributed by atoms with Gasteiger partial charge < -0.3 is 5.73 Å². The number of hydrogen-bond acceptors (Lipinski definition) is 5. The topological polar surface area (TPSA) is 84.7 Å². The van der Waals surface area contributed by atoms with Crippen LogP contribution in [0.15, 0.2) is 6.20 Å². The number of nitrogen functional groups attached to an aromatic ring is 1. The molecule has 0 unspecified atom stereocenters. The van der Waals surface area contributed by atoms with Gasteiger partial charge in [0.05, 0.1) is 17.5 Å². The molecule has 6 heteroatoms. The Morgan fingerprint density at radius 1 is 1.53 bits per heavy atom. The standard InChI is InChI=1S/C11H12N4OS/c1-11(2)3-6-7(14-10(12)17-6)5-4-13-15-8(5)9(11)16/h4H,3H2,1-2H3,(H2,12,14)(H,13,15). The van der Waals surface area contributed by atoms with Crippen molar-refractivity contribution in [3.63, 3.8) is 0 Å². The summed E-state index contributed by atoms with van der Waals surface area (Å²) in [5, 5.41) is 7.26. The number of Topliss-reactive ketones (excluding diaryl/α,β-unsaturated/α-hetero) is 1. The maximum atomic E-state index is 12.3. The maximum absolute atomic E-state index is 12.3. The van der Waals surface area contributed by atoms with E-state index in [1.165, 1.54) is 11.3 Å². The van der Waals surface area contributed by atoms with Crippen LogP contribution in [0, 0.1) is 5.41 Å². The van der Waals surface area contributed by atoms with Crippen LogP contribution in [0.5, 0.6) is 0 Å². The number of nitrogens with one attached hydrogen (secondary N) is 1. The summed E-state index contributed by atoms with van der Waals surface area (Å²) in [5.41, 5.74) is 7.41. The molecule has 2 aromatic heterocycles. The number of nitrogens with zero attached hydrogens (tertiary/aromatic N) is 2. The predicted octanol–water partition coefficient (Wildman–Crippen LogP) is 1.88. The number of ketones is 1. The Hall–Kier alpha value is -1.69. The van der Waals surface area contributed by atoms with Crippen molar-refractivity contribution in [1.82, 2.24) is 15.2 Å². The first kappa shape index (κ1) is 10.5. The molecule has 0 aliphatic heterocycles. The molecule has 0 saturated carbocycles. The summed E-state index contributed by atoms with van der Waals surface area (Å²) in [6.45, 7) is 3.87. The fraction of sp³-hybridized carbons (Fsp3) is 0.364. The Morgan fingerprint density at radius 2 is 2.29 bits per heavy atom.